The fraction of sp³-hybridized carbons (Fsp3) is 0.667. The first-order valence-corrected chi connectivity index (χ1v) is 9.76. The molecule has 0 bridgehead atoms. The molecule has 2 heterocycles. The lowest BCUT2D eigenvalue weighted by molar-refractivity contribution is 0.105. The maximum atomic E-state index is 11.5. The zero-order valence-corrected chi connectivity index (χ0v) is 14.3. The van der Waals surface area contributed by atoms with E-state index < -0.39 is 9.84 Å². The van der Waals surface area contributed by atoms with Gasteiger partial charge in [0.05, 0.1) is 17.8 Å². The van der Waals surface area contributed by atoms with Gasteiger partial charge in [-0.1, -0.05) is 0 Å². The van der Waals surface area contributed by atoms with E-state index in [0.29, 0.717) is 32.1 Å². The Kier molecular flexibility index (Phi) is 6.91. The Morgan fingerprint density at radius 3 is 3.04 bits per heavy atom. The molecule has 0 radical (unpaired) electrons. The molecule has 7 nitrogen and oxygen atoms in total. The van der Waals surface area contributed by atoms with Crippen LogP contribution in [0.15, 0.2) is 27.8 Å². The molecule has 1 aromatic rings. The van der Waals surface area contributed by atoms with E-state index in [1.165, 1.54) is 0 Å². The fourth-order valence-electron chi connectivity index (χ4n) is 2.35. The topological polar surface area (TPSA) is 92.9 Å². The first-order valence-electron chi connectivity index (χ1n) is 7.94. The standard InChI is InChI=1S/C15H25N3O4S/c1-2-16-15(18-13-6-10-23(19,20)12-13)17-7-4-8-21-11-14-5-3-9-22-14/h3,5,9,13H,2,4,6-8,10-12H2,1H3,(H2,16,17,18). The lowest BCUT2D eigenvalue weighted by Crippen LogP contribution is -2.44. The van der Waals surface area contributed by atoms with E-state index in [0.717, 1.165) is 18.7 Å². The number of nitrogens with one attached hydrogen (secondary N) is 2. The second-order valence-corrected chi connectivity index (χ2v) is 7.72. The van der Waals surface area contributed by atoms with E-state index >= 15 is 0 Å². The number of guanidine groups is 1. The Hall–Kier alpha value is -1.54. The summed E-state index contributed by atoms with van der Waals surface area (Å²) < 4.78 is 33.6. The maximum absolute atomic E-state index is 11.5. The van der Waals surface area contributed by atoms with Crippen molar-refractivity contribution < 1.29 is 17.6 Å². The van der Waals surface area contributed by atoms with E-state index in [9.17, 15) is 8.42 Å². The molecule has 1 aromatic heterocycles. The van der Waals surface area contributed by atoms with Gasteiger partial charge in [-0.25, -0.2) is 8.42 Å². The molecule has 1 fully saturated rings. The van der Waals surface area contributed by atoms with Crippen molar-refractivity contribution in [2.45, 2.75) is 32.4 Å². The van der Waals surface area contributed by atoms with Crippen molar-refractivity contribution in [2.75, 3.05) is 31.2 Å². The van der Waals surface area contributed by atoms with Crippen molar-refractivity contribution in [3.63, 3.8) is 0 Å². The molecule has 2 N–H and O–H groups in total. The molecule has 0 aliphatic carbocycles. The Morgan fingerprint density at radius 1 is 1.52 bits per heavy atom. The second kappa shape index (κ2) is 8.93. The quantitative estimate of drug-likeness (QED) is 0.414. The smallest absolute Gasteiger partial charge is 0.191 e. The van der Waals surface area contributed by atoms with Crippen LogP contribution in [-0.2, 0) is 21.2 Å². The molecular formula is C15H25N3O4S. The van der Waals surface area contributed by atoms with Gasteiger partial charge in [-0.05, 0) is 31.9 Å². The molecule has 0 aromatic carbocycles. The molecule has 8 heteroatoms. The number of aliphatic imine (C=N–C) groups is 1. The molecule has 1 aliphatic rings. The van der Waals surface area contributed by atoms with Crippen molar-refractivity contribution in [3.05, 3.63) is 24.2 Å². The minimum absolute atomic E-state index is 0.0481. The zero-order valence-electron chi connectivity index (χ0n) is 13.5. The summed E-state index contributed by atoms with van der Waals surface area (Å²) >= 11 is 0. The van der Waals surface area contributed by atoms with Gasteiger partial charge in [0, 0.05) is 25.7 Å². The SMILES string of the molecule is CCNC(=NCCCOCc1ccco1)NC1CCS(=O)(=O)C1. The van der Waals surface area contributed by atoms with Crippen molar-refractivity contribution in [1.82, 2.24) is 10.6 Å². The molecule has 0 spiro atoms. The van der Waals surface area contributed by atoms with Gasteiger partial charge in [-0.15, -0.1) is 0 Å². The third-order valence-corrected chi connectivity index (χ3v) is 5.23. The Bertz CT molecular complexity index is 584. The third kappa shape index (κ3) is 6.62. The third-order valence-electron chi connectivity index (χ3n) is 3.46. The van der Waals surface area contributed by atoms with E-state index in [-0.39, 0.29) is 17.5 Å². The van der Waals surface area contributed by atoms with Crippen molar-refractivity contribution in [1.29, 1.82) is 0 Å². The molecule has 2 rings (SSSR count). The van der Waals surface area contributed by atoms with Gasteiger partial charge in [0.1, 0.15) is 12.4 Å². The van der Waals surface area contributed by atoms with E-state index in [2.05, 4.69) is 15.6 Å². The summed E-state index contributed by atoms with van der Waals surface area (Å²) in [6, 6.07) is 3.66. The normalized spacial score (nSPS) is 20.6. The van der Waals surface area contributed by atoms with Crippen LogP contribution in [0.25, 0.3) is 0 Å². The van der Waals surface area contributed by atoms with Crippen LogP contribution in [0.3, 0.4) is 0 Å². The van der Waals surface area contributed by atoms with Gasteiger partial charge in [0.2, 0.25) is 0 Å². The molecule has 1 unspecified atom stereocenters. The Balaban J connectivity index is 1.67. The van der Waals surface area contributed by atoms with Gasteiger partial charge in [-0.2, -0.15) is 0 Å². The van der Waals surface area contributed by atoms with Gasteiger partial charge in [-0.3, -0.25) is 4.99 Å². The monoisotopic (exact) mass is 343 g/mol. The largest absolute Gasteiger partial charge is 0.467 e. The molecule has 1 atom stereocenters. The van der Waals surface area contributed by atoms with Crippen LogP contribution in [-0.4, -0.2) is 51.6 Å². The summed E-state index contributed by atoms with van der Waals surface area (Å²) in [5.41, 5.74) is 0. The molecule has 0 saturated carbocycles. The average Bonchev–Trinajstić information content (AvgIpc) is 3.12. The maximum Gasteiger partial charge on any atom is 0.191 e. The van der Waals surface area contributed by atoms with Crippen LogP contribution in [0.2, 0.25) is 0 Å². The Labute approximate surface area is 137 Å². The second-order valence-electron chi connectivity index (χ2n) is 5.49. The van der Waals surface area contributed by atoms with E-state index in [1.54, 1.807) is 6.26 Å². The van der Waals surface area contributed by atoms with Crippen LogP contribution in [0.4, 0.5) is 0 Å². The molecule has 1 saturated heterocycles. The molecule has 0 amide bonds. The minimum atomic E-state index is -2.88. The van der Waals surface area contributed by atoms with E-state index in [4.69, 9.17) is 9.15 Å². The average molecular weight is 343 g/mol. The number of furan rings is 1. The number of nitrogens with zero attached hydrogens (tertiary/aromatic N) is 1. The van der Waals surface area contributed by atoms with E-state index in [1.807, 2.05) is 19.1 Å². The van der Waals surface area contributed by atoms with Gasteiger partial charge in [0.15, 0.2) is 15.8 Å². The van der Waals surface area contributed by atoms with Crippen molar-refractivity contribution in [2.24, 2.45) is 4.99 Å². The fourth-order valence-corrected chi connectivity index (χ4v) is 4.02. The summed E-state index contributed by atoms with van der Waals surface area (Å²) in [5.74, 6) is 1.92. The summed E-state index contributed by atoms with van der Waals surface area (Å²) in [4.78, 5) is 4.46. The minimum Gasteiger partial charge on any atom is -0.467 e. The highest BCUT2D eigenvalue weighted by Crippen LogP contribution is 2.11. The summed E-state index contributed by atoms with van der Waals surface area (Å²) in [6.07, 6.45) is 3.06. The number of hydrogen-bond donors (Lipinski definition) is 2. The highest BCUT2D eigenvalue weighted by Gasteiger charge is 2.28. The molecule has 130 valence electrons. The molecule has 23 heavy (non-hydrogen) atoms. The lowest BCUT2D eigenvalue weighted by Gasteiger charge is -2.15. The molecule has 1 aliphatic heterocycles. The Morgan fingerprint density at radius 2 is 2.39 bits per heavy atom. The predicted molar refractivity (Wildman–Crippen MR) is 89.2 cm³/mol. The van der Waals surface area contributed by atoms with Crippen LogP contribution in [0.5, 0.6) is 0 Å². The first kappa shape index (κ1) is 17.8. The van der Waals surface area contributed by atoms with Gasteiger partial charge >= 0.3 is 0 Å². The predicted octanol–water partition coefficient (Wildman–Crippen LogP) is 0.929. The van der Waals surface area contributed by atoms with Crippen LogP contribution in [0.1, 0.15) is 25.5 Å². The highest BCUT2D eigenvalue weighted by atomic mass is 32.2. The lowest BCUT2D eigenvalue weighted by atomic mass is 10.3. The van der Waals surface area contributed by atoms with Gasteiger partial charge < -0.3 is 19.8 Å². The van der Waals surface area contributed by atoms with Crippen molar-refractivity contribution >= 4 is 15.8 Å². The first-order chi connectivity index (χ1) is 11.1. The van der Waals surface area contributed by atoms with Crippen LogP contribution >= 0.6 is 0 Å². The van der Waals surface area contributed by atoms with Crippen LogP contribution < -0.4 is 10.6 Å². The zero-order chi connectivity index (χ0) is 16.5. The molecular weight excluding hydrogens is 318 g/mol. The summed E-state index contributed by atoms with van der Waals surface area (Å²) in [6.45, 7) is 4.40. The van der Waals surface area contributed by atoms with Crippen LogP contribution in [0, 0.1) is 0 Å². The summed E-state index contributed by atoms with van der Waals surface area (Å²) in [5, 5.41) is 6.33. The number of ether oxygens (including phenoxy) is 1. The highest BCUT2D eigenvalue weighted by molar-refractivity contribution is 7.91. The number of sulfone groups is 1. The van der Waals surface area contributed by atoms with Crippen molar-refractivity contribution in [3.8, 4) is 0 Å². The van der Waals surface area contributed by atoms with Gasteiger partial charge in [0.25, 0.3) is 0 Å². The summed E-state index contributed by atoms with van der Waals surface area (Å²) in [7, 11) is -2.88. The number of rotatable bonds is 8. The number of hydrogen-bond acceptors (Lipinski definition) is 5.